The van der Waals surface area contributed by atoms with Crippen molar-refractivity contribution >= 4 is 11.8 Å². The monoisotopic (exact) mass is 232 g/mol. The van der Waals surface area contributed by atoms with E-state index in [-0.39, 0.29) is 24.4 Å². The summed E-state index contributed by atoms with van der Waals surface area (Å²) in [6.45, 7) is 0.125. The number of esters is 1. The second kappa shape index (κ2) is 4.93. The van der Waals surface area contributed by atoms with Gasteiger partial charge in [0.05, 0.1) is 6.10 Å². The van der Waals surface area contributed by atoms with Crippen LogP contribution >= 0.6 is 0 Å². The number of carbonyl (C=O) groups is 2. The van der Waals surface area contributed by atoms with E-state index in [0.717, 1.165) is 5.56 Å². The maximum absolute atomic E-state index is 11.6. The van der Waals surface area contributed by atoms with Crippen LogP contribution in [0.3, 0.4) is 0 Å². The smallest absolute Gasteiger partial charge is 0.341 e. The summed E-state index contributed by atoms with van der Waals surface area (Å²) in [5, 5.41) is 9.20. The molecule has 0 saturated heterocycles. The predicted molar refractivity (Wildman–Crippen MR) is 60.0 cm³/mol. The number of benzene rings is 1. The van der Waals surface area contributed by atoms with Gasteiger partial charge in [0.2, 0.25) is 0 Å². The van der Waals surface area contributed by atoms with Crippen LogP contribution in [-0.4, -0.2) is 23.0 Å². The molecule has 0 spiro atoms. The topological polar surface area (TPSA) is 63.6 Å². The van der Waals surface area contributed by atoms with Crippen molar-refractivity contribution in [1.29, 1.82) is 0 Å². The van der Waals surface area contributed by atoms with Crippen molar-refractivity contribution in [2.24, 2.45) is 0 Å². The van der Waals surface area contributed by atoms with E-state index in [0.29, 0.717) is 0 Å². The van der Waals surface area contributed by atoms with E-state index >= 15 is 0 Å². The van der Waals surface area contributed by atoms with Crippen molar-refractivity contribution in [3.05, 3.63) is 47.5 Å². The van der Waals surface area contributed by atoms with Crippen molar-refractivity contribution in [3.63, 3.8) is 0 Å². The summed E-state index contributed by atoms with van der Waals surface area (Å²) in [6, 6.07) is 9.20. The predicted octanol–water partition coefficient (Wildman–Crippen LogP) is 0.990. The number of rotatable bonds is 3. The largest absolute Gasteiger partial charge is 0.457 e. The Balaban J connectivity index is 1.95. The maximum atomic E-state index is 11.6. The van der Waals surface area contributed by atoms with Gasteiger partial charge in [-0.25, -0.2) is 4.79 Å². The van der Waals surface area contributed by atoms with Gasteiger partial charge in [-0.1, -0.05) is 30.3 Å². The number of aliphatic hydroxyl groups excluding tert-OH is 1. The highest BCUT2D eigenvalue weighted by Crippen LogP contribution is 2.16. The maximum Gasteiger partial charge on any atom is 0.341 e. The molecule has 0 saturated carbocycles. The van der Waals surface area contributed by atoms with Gasteiger partial charge in [-0.05, 0) is 11.6 Å². The Morgan fingerprint density at radius 1 is 1.35 bits per heavy atom. The molecule has 1 aliphatic carbocycles. The summed E-state index contributed by atoms with van der Waals surface area (Å²) in [6.07, 6.45) is 0.354. The van der Waals surface area contributed by atoms with Crippen LogP contribution in [0, 0.1) is 0 Å². The molecule has 0 radical (unpaired) electrons. The van der Waals surface area contributed by atoms with Gasteiger partial charge in [-0.2, -0.15) is 0 Å². The lowest BCUT2D eigenvalue weighted by Crippen LogP contribution is -2.12. The molecule has 4 nitrogen and oxygen atoms in total. The summed E-state index contributed by atoms with van der Waals surface area (Å²) < 4.78 is 4.99. The molecule has 0 bridgehead atoms. The molecular weight excluding hydrogens is 220 g/mol. The first kappa shape index (κ1) is 11.5. The number of aliphatic hydroxyl groups is 1. The van der Waals surface area contributed by atoms with Gasteiger partial charge in [0, 0.05) is 6.42 Å². The van der Waals surface area contributed by atoms with Crippen LogP contribution in [0.4, 0.5) is 0 Å². The Hall–Kier alpha value is -1.94. The van der Waals surface area contributed by atoms with Crippen molar-refractivity contribution in [1.82, 2.24) is 0 Å². The van der Waals surface area contributed by atoms with Crippen molar-refractivity contribution in [3.8, 4) is 0 Å². The molecule has 1 N–H and O–H groups in total. The lowest BCUT2D eigenvalue weighted by atomic mass is 10.2. The van der Waals surface area contributed by atoms with E-state index in [2.05, 4.69) is 0 Å². The Morgan fingerprint density at radius 3 is 2.65 bits per heavy atom. The molecule has 0 aromatic heterocycles. The van der Waals surface area contributed by atoms with Crippen LogP contribution in [0.15, 0.2) is 42.0 Å². The highest BCUT2D eigenvalue weighted by Gasteiger charge is 2.28. The summed E-state index contributed by atoms with van der Waals surface area (Å²) >= 11 is 0. The molecule has 1 aromatic carbocycles. The van der Waals surface area contributed by atoms with Gasteiger partial charge in [-0.3, -0.25) is 4.79 Å². The molecule has 0 fully saturated rings. The van der Waals surface area contributed by atoms with E-state index < -0.39 is 12.1 Å². The van der Waals surface area contributed by atoms with E-state index in [1.165, 1.54) is 6.08 Å². The number of ketones is 1. The van der Waals surface area contributed by atoms with Crippen molar-refractivity contribution in [2.45, 2.75) is 19.1 Å². The zero-order valence-electron chi connectivity index (χ0n) is 9.13. The number of hydrogen-bond donors (Lipinski definition) is 1. The molecule has 0 aliphatic heterocycles. The standard InChI is InChI=1S/C13H12O4/c14-10-6-11(12(15)7-10)13(16)17-8-9-4-2-1-3-5-9/h1-6,10,14H,7-8H2/t10-/m0/s1. The first-order chi connectivity index (χ1) is 8.16. The number of Topliss-reactive ketones (excluding diaryl/α,β-unsaturated/α-hetero) is 1. The molecular formula is C13H12O4. The zero-order valence-corrected chi connectivity index (χ0v) is 9.13. The third-order valence-electron chi connectivity index (χ3n) is 2.49. The van der Waals surface area contributed by atoms with Gasteiger partial charge in [0.25, 0.3) is 0 Å². The van der Waals surface area contributed by atoms with Gasteiger partial charge in [-0.15, -0.1) is 0 Å². The van der Waals surface area contributed by atoms with E-state index in [1.807, 2.05) is 30.3 Å². The second-order valence-corrected chi connectivity index (χ2v) is 3.84. The highest BCUT2D eigenvalue weighted by molar-refractivity contribution is 6.19. The minimum atomic E-state index is -0.859. The van der Waals surface area contributed by atoms with Crippen LogP contribution < -0.4 is 0 Å². The van der Waals surface area contributed by atoms with Gasteiger partial charge in [0.1, 0.15) is 12.2 Å². The minimum absolute atomic E-state index is 0.0320. The van der Waals surface area contributed by atoms with E-state index in [1.54, 1.807) is 0 Å². The zero-order chi connectivity index (χ0) is 12.3. The Kier molecular flexibility index (Phi) is 3.35. The molecule has 4 heteroatoms. The van der Waals surface area contributed by atoms with Crippen molar-refractivity contribution in [2.75, 3.05) is 0 Å². The number of hydrogen-bond acceptors (Lipinski definition) is 4. The fraction of sp³-hybridized carbons (Fsp3) is 0.231. The Bertz CT molecular complexity index is 462. The summed E-state index contributed by atoms with van der Waals surface area (Å²) in [7, 11) is 0. The molecule has 1 aliphatic rings. The fourth-order valence-electron chi connectivity index (χ4n) is 1.63. The Morgan fingerprint density at radius 2 is 2.06 bits per heavy atom. The van der Waals surface area contributed by atoms with Crippen LogP contribution in [0.25, 0.3) is 0 Å². The number of carbonyl (C=O) groups excluding carboxylic acids is 2. The highest BCUT2D eigenvalue weighted by atomic mass is 16.5. The average Bonchev–Trinajstić information content (AvgIpc) is 2.67. The van der Waals surface area contributed by atoms with Crippen molar-refractivity contribution < 1.29 is 19.4 Å². The van der Waals surface area contributed by atoms with E-state index in [9.17, 15) is 14.7 Å². The molecule has 2 rings (SSSR count). The number of ether oxygens (including phenoxy) is 1. The Labute approximate surface area is 98.5 Å². The quantitative estimate of drug-likeness (QED) is 0.623. The van der Waals surface area contributed by atoms with Crippen LogP contribution in [-0.2, 0) is 20.9 Å². The summed E-state index contributed by atoms with van der Waals surface area (Å²) in [5.41, 5.74) is 0.806. The first-order valence-corrected chi connectivity index (χ1v) is 5.31. The van der Waals surface area contributed by atoms with Crippen LogP contribution in [0.5, 0.6) is 0 Å². The van der Waals surface area contributed by atoms with Gasteiger partial charge < -0.3 is 9.84 Å². The van der Waals surface area contributed by atoms with E-state index in [4.69, 9.17) is 4.74 Å². The molecule has 0 amide bonds. The lowest BCUT2D eigenvalue weighted by molar-refractivity contribution is -0.141. The second-order valence-electron chi connectivity index (χ2n) is 3.84. The van der Waals surface area contributed by atoms with Crippen LogP contribution in [0.2, 0.25) is 0 Å². The molecule has 1 aromatic rings. The third kappa shape index (κ3) is 2.79. The van der Waals surface area contributed by atoms with Crippen LogP contribution in [0.1, 0.15) is 12.0 Å². The summed E-state index contributed by atoms with van der Waals surface area (Å²) in [4.78, 5) is 22.9. The molecule has 88 valence electrons. The molecule has 1 atom stereocenters. The molecule has 0 heterocycles. The van der Waals surface area contributed by atoms with Gasteiger partial charge >= 0.3 is 5.97 Å². The molecule has 0 unspecified atom stereocenters. The summed E-state index contributed by atoms with van der Waals surface area (Å²) in [5.74, 6) is -1.04. The fourth-order valence-corrected chi connectivity index (χ4v) is 1.63. The third-order valence-corrected chi connectivity index (χ3v) is 2.49. The molecule has 17 heavy (non-hydrogen) atoms. The SMILES string of the molecule is O=C1C[C@@H](O)C=C1C(=O)OCc1ccccc1. The first-order valence-electron chi connectivity index (χ1n) is 5.31. The normalized spacial score (nSPS) is 19.0. The lowest BCUT2D eigenvalue weighted by Gasteiger charge is -2.04. The minimum Gasteiger partial charge on any atom is -0.457 e. The van der Waals surface area contributed by atoms with Gasteiger partial charge in [0.15, 0.2) is 5.78 Å². The average molecular weight is 232 g/mol.